The second-order valence-corrected chi connectivity index (χ2v) is 6.26. The second kappa shape index (κ2) is 6.16. The van der Waals surface area contributed by atoms with Crippen LogP contribution in [0.1, 0.15) is 31.7 Å². The van der Waals surface area contributed by atoms with Gasteiger partial charge in [-0.1, -0.05) is 38.1 Å². The number of rotatable bonds is 5. The molecule has 1 aromatic carbocycles. The molecule has 5 atom stereocenters. The van der Waals surface area contributed by atoms with E-state index in [1.807, 2.05) is 24.3 Å². The number of fused-ring (bicyclic) bond motifs is 2. The zero-order valence-corrected chi connectivity index (χ0v) is 13.2. The molecule has 5 heteroatoms. The first-order valence-corrected chi connectivity index (χ1v) is 7.98. The van der Waals surface area contributed by atoms with Crippen molar-refractivity contribution in [3.05, 3.63) is 42.0 Å². The highest BCUT2D eigenvalue weighted by atomic mass is 16.5. The molecular formula is C18H21NO4. The van der Waals surface area contributed by atoms with Crippen LogP contribution in [0.15, 0.2) is 36.4 Å². The number of ether oxygens (including phenoxy) is 1. The van der Waals surface area contributed by atoms with Crippen LogP contribution in [-0.4, -0.2) is 29.2 Å². The molecule has 2 bridgehead atoms. The molecule has 1 aromatic rings. The Bertz CT molecular complexity index is 637. The molecule has 122 valence electrons. The Morgan fingerprint density at radius 3 is 2.35 bits per heavy atom. The number of hydrogen-bond donors (Lipinski definition) is 2. The molecule has 0 unspecified atom stereocenters. The Morgan fingerprint density at radius 1 is 1.17 bits per heavy atom. The minimum atomic E-state index is -0.992. The summed E-state index contributed by atoms with van der Waals surface area (Å²) >= 11 is 0. The molecule has 1 amide bonds. The van der Waals surface area contributed by atoms with Gasteiger partial charge in [-0.25, -0.2) is 0 Å². The summed E-state index contributed by atoms with van der Waals surface area (Å²) in [5, 5.41) is 12.2. The van der Waals surface area contributed by atoms with E-state index in [0.717, 1.165) is 6.42 Å². The number of amides is 1. The van der Waals surface area contributed by atoms with Crippen LogP contribution in [0.4, 0.5) is 5.69 Å². The highest BCUT2D eigenvalue weighted by Gasteiger charge is 2.53. The third-order valence-electron chi connectivity index (χ3n) is 4.85. The lowest BCUT2D eigenvalue weighted by Crippen LogP contribution is -2.39. The molecule has 2 aliphatic rings. The molecule has 23 heavy (non-hydrogen) atoms. The lowest BCUT2D eigenvalue weighted by molar-refractivity contribution is -0.145. The van der Waals surface area contributed by atoms with E-state index in [-0.39, 0.29) is 5.91 Å². The number of carboxylic acid groups (broad SMARTS) is 1. The molecule has 0 saturated carbocycles. The lowest BCUT2D eigenvalue weighted by atomic mass is 9.82. The van der Waals surface area contributed by atoms with Gasteiger partial charge >= 0.3 is 5.97 Å². The van der Waals surface area contributed by atoms with Crippen molar-refractivity contribution in [2.45, 2.75) is 38.4 Å². The first kappa shape index (κ1) is 15.7. The lowest BCUT2D eigenvalue weighted by Gasteiger charge is -2.21. The maximum atomic E-state index is 12.5. The molecule has 3 rings (SSSR count). The molecule has 2 N–H and O–H groups in total. The Kier molecular flexibility index (Phi) is 4.22. The van der Waals surface area contributed by atoms with Crippen LogP contribution in [0, 0.1) is 11.8 Å². The number of hydrogen-bond acceptors (Lipinski definition) is 3. The third-order valence-corrected chi connectivity index (χ3v) is 4.85. The van der Waals surface area contributed by atoms with E-state index in [1.165, 1.54) is 5.56 Å². The van der Waals surface area contributed by atoms with Gasteiger partial charge in [-0.3, -0.25) is 9.59 Å². The van der Waals surface area contributed by atoms with Crippen molar-refractivity contribution >= 4 is 17.6 Å². The van der Waals surface area contributed by atoms with Crippen molar-refractivity contribution in [3.8, 4) is 0 Å². The van der Waals surface area contributed by atoms with Gasteiger partial charge in [-0.05, 0) is 30.0 Å². The fraction of sp³-hybridized carbons (Fsp3) is 0.444. The van der Waals surface area contributed by atoms with Crippen LogP contribution < -0.4 is 5.32 Å². The number of benzene rings is 1. The highest BCUT2D eigenvalue weighted by Crippen LogP contribution is 2.39. The van der Waals surface area contributed by atoms with Gasteiger partial charge in [-0.15, -0.1) is 0 Å². The maximum Gasteiger partial charge on any atom is 0.310 e. The number of carbonyl (C=O) groups is 2. The third kappa shape index (κ3) is 2.88. The van der Waals surface area contributed by atoms with Crippen molar-refractivity contribution in [2.24, 2.45) is 11.8 Å². The molecule has 1 fully saturated rings. The van der Waals surface area contributed by atoms with Crippen LogP contribution in [0.2, 0.25) is 0 Å². The van der Waals surface area contributed by atoms with Crippen LogP contribution >= 0.6 is 0 Å². The fourth-order valence-corrected chi connectivity index (χ4v) is 3.27. The molecule has 0 aliphatic carbocycles. The van der Waals surface area contributed by atoms with Crippen molar-refractivity contribution in [3.63, 3.8) is 0 Å². The molecule has 0 aromatic heterocycles. The predicted octanol–water partition coefficient (Wildman–Crippen LogP) is 2.79. The number of anilines is 1. The molecular weight excluding hydrogens is 294 g/mol. The van der Waals surface area contributed by atoms with Gasteiger partial charge in [-0.2, -0.15) is 0 Å². The smallest absolute Gasteiger partial charge is 0.310 e. The van der Waals surface area contributed by atoms with Crippen molar-refractivity contribution in [2.75, 3.05) is 5.32 Å². The topological polar surface area (TPSA) is 75.6 Å². The first-order chi connectivity index (χ1) is 11.0. The van der Waals surface area contributed by atoms with E-state index in [0.29, 0.717) is 11.6 Å². The summed E-state index contributed by atoms with van der Waals surface area (Å²) in [5.41, 5.74) is 1.90. The van der Waals surface area contributed by atoms with E-state index in [9.17, 15) is 14.7 Å². The summed E-state index contributed by atoms with van der Waals surface area (Å²) in [4.78, 5) is 23.9. The molecule has 2 aliphatic heterocycles. The number of carboxylic acids is 1. The summed E-state index contributed by atoms with van der Waals surface area (Å²) in [7, 11) is 0. The van der Waals surface area contributed by atoms with Gasteiger partial charge in [0.1, 0.15) is 5.92 Å². The zero-order chi connectivity index (χ0) is 16.6. The van der Waals surface area contributed by atoms with Gasteiger partial charge in [0.15, 0.2) is 0 Å². The van der Waals surface area contributed by atoms with Gasteiger partial charge in [0.05, 0.1) is 18.1 Å². The summed E-state index contributed by atoms with van der Waals surface area (Å²) in [6.45, 7) is 4.29. The average Bonchev–Trinajstić information content (AvgIpc) is 3.15. The normalized spacial score (nSPS) is 29.5. The highest BCUT2D eigenvalue weighted by molar-refractivity contribution is 5.96. The molecule has 1 saturated heterocycles. The standard InChI is InChI=1S/C18H21NO4/c1-3-10(2)11-4-6-12(7-5-11)19-17(20)15-13-8-9-14(23-13)16(15)18(21)22/h4-10,13-16H,3H2,1-2H3,(H,19,20)(H,21,22)/t10-,13-,14+,15-,16-/m0/s1. The Labute approximate surface area is 135 Å². The first-order valence-electron chi connectivity index (χ1n) is 7.98. The van der Waals surface area contributed by atoms with Gasteiger partial charge < -0.3 is 15.2 Å². The van der Waals surface area contributed by atoms with E-state index < -0.39 is 30.0 Å². The van der Waals surface area contributed by atoms with E-state index in [4.69, 9.17) is 4.74 Å². The largest absolute Gasteiger partial charge is 0.481 e. The summed E-state index contributed by atoms with van der Waals surface area (Å²) in [5.74, 6) is -2.32. The van der Waals surface area contributed by atoms with Crippen molar-refractivity contribution < 1.29 is 19.4 Å². The minimum absolute atomic E-state index is 0.300. The van der Waals surface area contributed by atoms with Gasteiger partial charge in [0.25, 0.3) is 0 Å². The number of carbonyl (C=O) groups excluding carboxylic acids is 1. The average molecular weight is 315 g/mol. The van der Waals surface area contributed by atoms with Gasteiger partial charge in [0, 0.05) is 5.69 Å². The fourth-order valence-electron chi connectivity index (χ4n) is 3.27. The molecule has 0 radical (unpaired) electrons. The van der Waals surface area contributed by atoms with Gasteiger partial charge in [0.2, 0.25) is 5.91 Å². The molecule has 5 nitrogen and oxygen atoms in total. The minimum Gasteiger partial charge on any atom is -0.481 e. The summed E-state index contributed by atoms with van der Waals surface area (Å²) in [6, 6.07) is 7.71. The van der Waals surface area contributed by atoms with E-state index in [1.54, 1.807) is 12.2 Å². The molecule has 0 spiro atoms. The summed E-state index contributed by atoms with van der Waals surface area (Å²) in [6.07, 6.45) is 3.62. The predicted molar refractivity (Wildman–Crippen MR) is 86.2 cm³/mol. The maximum absolute atomic E-state index is 12.5. The monoisotopic (exact) mass is 315 g/mol. The van der Waals surface area contributed by atoms with Crippen LogP contribution in [0.25, 0.3) is 0 Å². The SMILES string of the molecule is CC[C@H](C)c1ccc(NC(=O)[C@@H]2[C@@H](C(=O)O)[C@H]3C=C[C@@H]2O3)cc1. The van der Waals surface area contributed by atoms with E-state index >= 15 is 0 Å². The van der Waals surface area contributed by atoms with Crippen LogP contribution in [0.5, 0.6) is 0 Å². The zero-order valence-electron chi connectivity index (χ0n) is 13.2. The van der Waals surface area contributed by atoms with Crippen molar-refractivity contribution in [1.29, 1.82) is 0 Å². The second-order valence-electron chi connectivity index (χ2n) is 6.26. The van der Waals surface area contributed by atoms with Crippen LogP contribution in [-0.2, 0) is 14.3 Å². The Balaban J connectivity index is 1.72. The summed E-state index contributed by atoms with van der Waals surface area (Å²) < 4.78 is 5.53. The van der Waals surface area contributed by atoms with Crippen molar-refractivity contribution in [1.82, 2.24) is 0 Å². The number of nitrogens with one attached hydrogen (secondary N) is 1. The Morgan fingerprint density at radius 2 is 1.78 bits per heavy atom. The number of aliphatic carboxylic acids is 1. The van der Waals surface area contributed by atoms with E-state index in [2.05, 4.69) is 19.2 Å². The Hall–Kier alpha value is -2.14. The quantitative estimate of drug-likeness (QED) is 0.819. The van der Waals surface area contributed by atoms with Crippen LogP contribution in [0.3, 0.4) is 0 Å². The molecule has 2 heterocycles.